The Kier molecular flexibility index (Phi) is 6.13. The molecule has 2 heterocycles. The lowest BCUT2D eigenvalue weighted by Gasteiger charge is -2.36. The number of nitrogens with two attached hydrogens (primary N) is 1. The van der Waals surface area contributed by atoms with Crippen molar-refractivity contribution in [2.24, 2.45) is 10.1 Å². The Morgan fingerprint density at radius 3 is 2.77 bits per heavy atom. The number of rotatable bonds is 6. The fraction of sp³-hybridized carbons (Fsp3) is 0.364. The molecule has 2 aromatic rings. The van der Waals surface area contributed by atoms with E-state index in [2.05, 4.69) is 9.12 Å². The van der Waals surface area contributed by atoms with Crippen LogP contribution in [0.25, 0.3) is 0 Å². The molecule has 1 amide bonds. The Hall–Kier alpha value is -3.07. The van der Waals surface area contributed by atoms with E-state index in [0.717, 1.165) is 31.4 Å². The summed E-state index contributed by atoms with van der Waals surface area (Å²) in [6.45, 7) is 1.03. The Labute approximate surface area is 182 Å². The molecular weight excluding hydrogens is 416 g/mol. The van der Waals surface area contributed by atoms with Crippen LogP contribution < -0.4 is 15.2 Å². The minimum atomic E-state index is -3.84. The lowest BCUT2D eigenvalue weighted by atomic mass is 10.0. The van der Waals surface area contributed by atoms with Gasteiger partial charge in [0, 0.05) is 13.0 Å². The molecule has 0 aromatic heterocycles. The third-order valence-electron chi connectivity index (χ3n) is 5.59. The maximum atomic E-state index is 12.9. The predicted octanol–water partition coefficient (Wildman–Crippen LogP) is 2.45. The molecule has 3 N–H and O–H groups in total. The average Bonchev–Trinajstić information content (AvgIpc) is 2.76. The first-order valence-electron chi connectivity index (χ1n) is 10.4. The molecule has 8 nitrogen and oxygen atoms in total. The van der Waals surface area contributed by atoms with E-state index in [0.29, 0.717) is 36.4 Å². The van der Waals surface area contributed by atoms with Gasteiger partial charge in [0.1, 0.15) is 12.4 Å². The summed E-state index contributed by atoms with van der Waals surface area (Å²) in [5.74, 6) is 0.466. The van der Waals surface area contributed by atoms with Gasteiger partial charge in [-0.25, -0.2) is 0 Å². The second-order valence-corrected chi connectivity index (χ2v) is 9.10. The van der Waals surface area contributed by atoms with Crippen LogP contribution in [0.2, 0.25) is 0 Å². The summed E-state index contributed by atoms with van der Waals surface area (Å²) in [5.41, 5.74) is 7.80. The third-order valence-corrected chi connectivity index (χ3v) is 6.50. The first kappa shape index (κ1) is 21.2. The van der Waals surface area contributed by atoms with Crippen LogP contribution in [-0.2, 0) is 21.4 Å². The lowest BCUT2D eigenvalue weighted by Crippen LogP contribution is -2.46. The van der Waals surface area contributed by atoms with Gasteiger partial charge in [0.15, 0.2) is 5.84 Å². The fourth-order valence-corrected chi connectivity index (χ4v) is 4.91. The average molecular weight is 443 g/mol. The summed E-state index contributed by atoms with van der Waals surface area (Å²) < 4.78 is 35.4. The number of carbonyl (C=O) groups is 1. The van der Waals surface area contributed by atoms with Crippen molar-refractivity contribution in [2.45, 2.75) is 38.1 Å². The molecule has 1 saturated heterocycles. The summed E-state index contributed by atoms with van der Waals surface area (Å²) in [7, 11) is -3.84. The van der Waals surface area contributed by atoms with Gasteiger partial charge in [0.2, 0.25) is 5.91 Å². The molecule has 4 rings (SSSR count). The van der Waals surface area contributed by atoms with E-state index in [1.54, 1.807) is 18.2 Å². The van der Waals surface area contributed by atoms with Gasteiger partial charge >= 0.3 is 10.2 Å². The molecular formula is C22H26N4O4S. The van der Waals surface area contributed by atoms with Crippen LogP contribution >= 0.6 is 0 Å². The summed E-state index contributed by atoms with van der Waals surface area (Å²) in [5, 5.41) is 0. The van der Waals surface area contributed by atoms with Gasteiger partial charge in [-0.3, -0.25) is 9.52 Å². The van der Waals surface area contributed by atoms with Crippen LogP contribution in [0.3, 0.4) is 0 Å². The van der Waals surface area contributed by atoms with E-state index in [9.17, 15) is 13.2 Å². The number of hydrogen-bond acceptors (Lipinski definition) is 5. The van der Waals surface area contributed by atoms with Gasteiger partial charge in [0.25, 0.3) is 0 Å². The zero-order chi connectivity index (χ0) is 21.8. The van der Waals surface area contributed by atoms with E-state index in [4.69, 9.17) is 10.5 Å². The van der Waals surface area contributed by atoms with Crippen molar-refractivity contribution < 1.29 is 17.9 Å². The smallest absolute Gasteiger partial charge is 0.344 e. The number of nitrogens with one attached hydrogen (secondary N) is 1. The maximum absolute atomic E-state index is 12.9. The summed E-state index contributed by atoms with van der Waals surface area (Å²) in [6, 6.07) is 15.0. The third kappa shape index (κ3) is 4.99. The second kappa shape index (κ2) is 8.97. The van der Waals surface area contributed by atoms with E-state index in [-0.39, 0.29) is 17.8 Å². The highest BCUT2D eigenvalue weighted by atomic mass is 32.2. The number of carbonyl (C=O) groups excluding carboxylic acids is 1. The first-order chi connectivity index (χ1) is 14.9. The van der Waals surface area contributed by atoms with E-state index >= 15 is 0 Å². The molecule has 164 valence electrons. The summed E-state index contributed by atoms with van der Waals surface area (Å²) in [6.07, 6.45) is 4.05. The van der Waals surface area contributed by atoms with Gasteiger partial charge < -0.3 is 15.4 Å². The molecule has 0 unspecified atom stereocenters. The normalized spacial score (nSPS) is 19.7. The number of amides is 1. The monoisotopic (exact) mass is 442 g/mol. The number of hydrogen-bond donors (Lipinski definition) is 2. The van der Waals surface area contributed by atoms with Crippen LogP contribution in [0.5, 0.6) is 5.75 Å². The van der Waals surface area contributed by atoms with Crippen molar-refractivity contribution in [2.75, 3.05) is 17.9 Å². The van der Waals surface area contributed by atoms with Crippen molar-refractivity contribution in [3.8, 4) is 5.75 Å². The second-order valence-electron chi connectivity index (χ2n) is 7.77. The molecule has 0 aliphatic carbocycles. The largest absolute Gasteiger partial charge is 0.491 e. The minimum Gasteiger partial charge on any atom is -0.491 e. The zero-order valence-corrected chi connectivity index (χ0v) is 18.0. The van der Waals surface area contributed by atoms with Gasteiger partial charge in [0.05, 0.1) is 17.3 Å². The Morgan fingerprint density at radius 2 is 1.97 bits per heavy atom. The summed E-state index contributed by atoms with van der Waals surface area (Å²) in [4.78, 5) is 14.8. The SMILES string of the molecule is NC1=NS(=O)(=O)Nc2cccc(OC[C@H]3CCCCN3C(=O)CCc3ccccc3)c21. The fourth-order valence-electron chi connectivity index (χ4n) is 4.07. The van der Waals surface area contributed by atoms with Crippen molar-refractivity contribution in [3.05, 3.63) is 59.7 Å². The maximum Gasteiger partial charge on any atom is 0.344 e. The zero-order valence-electron chi connectivity index (χ0n) is 17.2. The van der Waals surface area contributed by atoms with Crippen molar-refractivity contribution in [3.63, 3.8) is 0 Å². The topological polar surface area (TPSA) is 114 Å². The van der Waals surface area contributed by atoms with Gasteiger partial charge in [-0.2, -0.15) is 8.42 Å². The minimum absolute atomic E-state index is 0.0358. The number of amidine groups is 1. The van der Waals surface area contributed by atoms with E-state index in [1.165, 1.54) is 0 Å². The Bertz CT molecular complexity index is 1090. The number of aryl methyl sites for hydroxylation is 1. The highest BCUT2D eigenvalue weighted by Crippen LogP contribution is 2.31. The van der Waals surface area contributed by atoms with E-state index in [1.807, 2.05) is 35.2 Å². The molecule has 31 heavy (non-hydrogen) atoms. The Morgan fingerprint density at radius 1 is 1.16 bits per heavy atom. The molecule has 1 atom stereocenters. The van der Waals surface area contributed by atoms with Crippen LogP contribution in [0, 0.1) is 0 Å². The molecule has 0 spiro atoms. The standard InChI is InChI=1S/C22H26N4O4S/c23-22-21-18(24-31(28,29)25-22)10-6-11-19(21)30-15-17-9-4-5-14-26(17)20(27)13-12-16-7-2-1-3-8-16/h1-3,6-8,10-11,17,24H,4-5,9,12-15H2,(H2,23,25)/t17-/m1/s1. The molecule has 2 aromatic carbocycles. The number of ether oxygens (including phenoxy) is 1. The van der Waals surface area contributed by atoms with E-state index < -0.39 is 10.2 Å². The molecule has 0 bridgehead atoms. The van der Waals surface area contributed by atoms with Crippen molar-refractivity contribution >= 4 is 27.6 Å². The molecule has 2 aliphatic rings. The molecule has 1 fully saturated rings. The van der Waals surface area contributed by atoms with Gasteiger partial charge in [-0.15, -0.1) is 4.40 Å². The van der Waals surface area contributed by atoms with Crippen molar-refractivity contribution in [1.29, 1.82) is 0 Å². The highest BCUT2D eigenvalue weighted by Gasteiger charge is 2.29. The number of fused-ring (bicyclic) bond motifs is 1. The Balaban J connectivity index is 1.43. The number of anilines is 1. The van der Waals surface area contributed by atoms with Crippen molar-refractivity contribution in [1.82, 2.24) is 4.90 Å². The number of nitrogens with zero attached hydrogens (tertiary/aromatic N) is 2. The summed E-state index contributed by atoms with van der Waals surface area (Å²) >= 11 is 0. The van der Waals surface area contributed by atoms with Crippen LogP contribution in [0.15, 0.2) is 52.9 Å². The van der Waals surface area contributed by atoms with Crippen LogP contribution in [0.1, 0.15) is 36.8 Å². The number of piperidine rings is 1. The number of benzene rings is 2. The lowest BCUT2D eigenvalue weighted by molar-refractivity contribution is -0.135. The number of likely N-dealkylation sites (tertiary alicyclic amines) is 1. The predicted molar refractivity (Wildman–Crippen MR) is 119 cm³/mol. The molecule has 2 aliphatic heterocycles. The van der Waals surface area contributed by atoms with Crippen LogP contribution in [-0.4, -0.2) is 44.3 Å². The van der Waals surface area contributed by atoms with Crippen LogP contribution in [0.4, 0.5) is 5.69 Å². The first-order valence-corrected chi connectivity index (χ1v) is 11.8. The van der Waals surface area contributed by atoms with Gasteiger partial charge in [-0.05, 0) is 43.4 Å². The highest BCUT2D eigenvalue weighted by molar-refractivity contribution is 7.91. The molecule has 0 saturated carbocycles. The molecule has 0 radical (unpaired) electrons. The van der Waals surface area contributed by atoms with Gasteiger partial charge in [-0.1, -0.05) is 36.4 Å². The molecule has 9 heteroatoms. The quantitative estimate of drug-likeness (QED) is 0.713.